The maximum atomic E-state index is 13.1. The molecule has 3 rings (SSSR count). The van der Waals surface area contributed by atoms with Gasteiger partial charge in [-0.1, -0.05) is 30.7 Å². The van der Waals surface area contributed by atoms with E-state index in [-0.39, 0.29) is 10.8 Å². The summed E-state index contributed by atoms with van der Waals surface area (Å²) in [6.07, 6.45) is 0.567. The van der Waals surface area contributed by atoms with Crippen LogP contribution in [-0.4, -0.2) is 44.9 Å². The van der Waals surface area contributed by atoms with Crippen molar-refractivity contribution < 1.29 is 17.9 Å². The Kier molecular flexibility index (Phi) is 6.17. The molecule has 1 amide bonds. The third-order valence-electron chi connectivity index (χ3n) is 4.93. The van der Waals surface area contributed by atoms with Gasteiger partial charge in [-0.15, -0.1) is 0 Å². The van der Waals surface area contributed by atoms with Gasteiger partial charge in [-0.2, -0.15) is 4.31 Å². The molecule has 28 heavy (non-hydrogen) atoms. The van der Waals surface area contributed by atoms with Crippen molar-refractivity contribution in [3.8, 4) is 0 Å². The molecule has 0 bridgehead atoms. The summed E-state index contributed by atoms with van der Waals surface area (Å²) in [5.41, 5.74) is 3.81. The first kappa shape index (κ1) is 20.5. The Morgan fingerprint density at radius 3 is 2.46 bits per heavy atom. The first-order valence-electron chi connectivity index (χ1n) is 9.42. The van der Waals surface area contributed by atoms with Crippen LogP contribution in [-0.2, 0) is 21.2 Å². The van der Waals surface area contributed by atoms with Gasteiger partial charge in [-0.05, 0) is 49.6 Å². The number of amides is 1. The normalized spacial score (nSPS) is 15.4. The van der Waals surface area contributed by atoms with Crippen molar-refractivity contribution in [3.05, 3.63) is 58.7 Å². The van der Waals surface area contributed by atoms with Gasteiger partial charge in [-0.3, -0.25) is 4.79 Å². The average Bonchev–Trinajstić information content (AvgIpc) is 2.70. The molecule has 0 aromatic heterocycles. The summed E-state index contributed by atoms with van der Waals surface area (Å²) >= 11 is 0. The Labute approximate surface area is 166 Å². The van der Waals surface area contributed by atoms with Gasteiger partial charge >= 0.3 is 0 Å². The summed E-state index contributed by atoms with van der Waals surface area (Å²) in [7, 11) is -3.67. The molecule has 1 aliphatic heterocycles. The zero-order valence-corrected chi connectivity index (χ0v) is 17.3. The zero-order valence-electron chi connectivity index (χ0n) is 16.5. The number of hydrogen-bond acceptors (Lipinski definition) is 4. The van der Waals surface area contributed by atoms with Crippen LogP contribution in [0.5, 0.6) is 0 Å². The van der Waals surface area contributed by atoms with Crippen molar-refractivity contribution >= 4 is 21.6 Å². The molecule has 7 heteroatoms. The van der Waals surface area contributed by atoms with Gasteiger partial charge in [0.05, 0.1) is 18.1 Å². The predicted molar refractivity (Wildman–Crippen MR) is 109 cm³/mol. The van der Waals surface area contributed by atoms with E-state index < -0.39 is 10.0 Å². The zero-order chi connectivity index (χ0) is 20.3. The van der Waals surface area contributed by atoms with Crippen molar-refractivity contribution in [1.29, 1.82) is 0 Å². The topological polar surface area (TPSA) is 75.7 Å². The number of anilines is 1. The van der Waals surface area contributed by atoms with Crippen LogP contribution in [0, 0.1) is 13.8 Å². The fourth-order valence-electron chi connectivity index (χ4n) is 3.30. The molecular formula is C21H26N2O4S. The molecule has 0 radical (unpaired) electrons. The van der Waals surface area contributed by atoms with Crippen molar-refractivity contribution in [2.75, 3.05) is 31.6 Å². The number of carbonyl (C=O) groups is 1. The molecule has 1 saturated heterocycles. The molecule has 1 fully saturated rings. The molecular weight excluding hydrogens is 376 g/mol. The van der Waals surface area contributed by atoms with Gasteiger partial charge in [0.2, 0.25) is 10.0 Å². The Bertz CT molecular complexity index is 980. The Morgan fingerprint density at radius 1 is 1.11 bits per heavy atom. The maximum absolute atomic E-state index is 13.1. The van der Waals surface area contributed by atoms with E-state index in [0.29, 0.717) is 49.5 Å². The number of nitrogens with one attached hydrogen (secondary N) is 1. The van der Waals surface area contributed by atoms with E-state index in [1.54, 1.807) is 12.1 Å². The average molecular weight is 403 g/mol. The maximum Gasteiger partial charge on any atom is 0.255 e. The highest BCUT2D eigenvalue weighted by molar-refractivity contribution is 7.89. The highest BCUT2D eigenvalue weighted by atomic mass is 32.2. The Hall–Kier alpha value is -2.22. The lowest BCUT2D eigenvalue weighted by atomic mass is 10.1. The van der Waals surface area contributed by atoms with Crippen LogP contribution in [0.4, 0.5) is 5.69 Å². The van der Waals surface area contributed by atoms with Crippen LogP contribution in [0.15, 0.2) is 41.3 Å². The first-order chi connectivity index (χ1) is 13.3. The molecule has 1 heterocycles. The minimum Gasteiger partial charge on any atom is -0.379 e. The third kappa shape index (κ3) is 4.27. The smallest absolute Gasteiger partial charge is 0.255 e. The van der Waals surface area contributed by atoms with Gasteiger partial charge in [-0.25, -0.2) is 8.42 Å². The number of sulfonamides is 1. The summed E-state index contributed by atoms with van der Waals surface area (Å²) in [5.74, 6) is -0.326. The van der Waals surface area contributed by atoms with E-state index in [2.05, 4.69) is 5.32 Å². The van der Waals surface area contributed by atoms with Gasteiger partial charge < -0.3 is 10.1 Å². The van der Waals surface area contributed by atoms with Crippen LogP contribution in [0.25, 0.3) is 0 Å². The lowest BCUT2D eigenvalue weighted by Gasteiger charge is -2.27. The summed E-state index contributed by atoms with van der Waals surface area (Å²) in [6.45, 7) is 7.24. The van der Waals surface area contributed by atoms with E-state index >= 15 is 0 Å². The van der Waals surface area contributed by atoms with Crippen molar-refractivity contribution in [2.24, 2.45) is 0 Å². The number of nitrogens with zero attached hydrogens (tertiary/aromatic N) is 1. The van der Waals surface area contributed by atoms with Crippen molar-refractivity contribution in [1.82, 2.24) is 4.31 Å². The molecule has 0 aliphatic carbocycles. The second kappa shape index (κ2) is 8.43. The highest BCUT2D eigenvalue weighted by Crippen LogP contribution is 2.24. The van der Waals surface area contributed by atoms with Crippen molar-refractivity contribution in [3.63, 3.8) is 0 Å². The van der Waals surface area contributed by atoms with E-state index in [1.165, 1.54) is 10.4 Å². The largest absolute Gasteiger partial charge is 0.379 e. The van der Waals surface area contributed by atoms with Crippen LogP contribution in [0.1, 0.15) is 34.0 Å². The standard InChI is InChI=1S/C21H26N2O4S/c1-4-17-6-7-18(21(24)22-19-8-5-15(2)13-16(19)3)14-20(17)28(25,26)23-9-11-27-12-10-23/h5-8,13-14H,4,9-12H2,1-3H3,(H,22,24). The number of benzene rings is 2. The van der Waals surface area contributed by atoms with E-state index in [1.807, 2.05) is 39.0 Å². The van der Waals surface area contributed by atoms with E-state index in [0.717, 1.165) is 11.1 Å². The van der Waals surface area contributed by atoms with Crippen molar-refractivity contribution in [2.45, 2.75) is 32.1 Å². The van der Waals surface area contributed by atoms with Crippen LogP contribution in [0.2, 0.25) is 0 Å². The van der Waals surface area contributed by atoms with Gasteiger partial charge in [0, 0.05) is 24.3 Å². The first-order valence-corrected chi connectivity index (χ1v) is 10.9. The Morgan fingerprint density at radius 2 is 1.82 bits per heavy atom. The van der Waals surface area contributed by atoms with E-state index in [4.69, 9.17) is 4.74 Å². The second-order valence-corrected chi connectivity index (χ2v) is 8.87. The number of morpholine rings is 1. The summed E-state index contributed by atoms with van der Waals surface area (Å²) in [4.78, 5) is 13.0. The molecule has 6 nitrogen and oxygen atoms in total. The summed E-state index contributed by atoms with van der Waals surface area (Å²) < 4.78 is 33.0. The lowest BCUT2D eigenvalue weighted by molar-refractivity contribution is 0.0730. The highest BCUT2D eigenvalue weighted by Gasteiger charge is 2.29. The monoisotopic (exact) mass is 402 g/mol. The fourth-order valence-corrected chi connectivity index (χ4v) is 5.03. The second-order valence-electron chi connectivity index (χ2n) is 6.97. The minimum atomic E-state index is -3.67. The quantitative estimate of drug-likeness (QED) is 0.834. The molecule has 0 spiro atoms. The van der Waals surface area contributed by atoms with Gasteiger partial charge in [0.15, 0.2) is 0 Å². The SMILES string of the molecule is CCc1ccc(C(=O)Nc2ccc(C)cc2C)cc1S(=O)(=O)N1CCOCC1. The minimum absolute atomic E-state index is 0.199. The molecule has 0 unspecified atom stereocenters. The van der Waals surface area contributed by atoms with Crippen LogP contribution in [0.3, 0.4) is 0 Å². The predicted octanol–water partition coefficient (Wildman–Crippen LogP) is 3.14. The number of rotatable bonds is 5. The lowest BCUT2D eigenvalue weighted by Crippen LogP contribution is -2.41. The molecule has 1 aliphatic rings. The molecule has 2 aromatic carbocycles. The van der Waals surface area contributed by atoms with Gasteiger partial charge in [0.25, 0.3) is 5.91 Å². The van der Waals surface area contributed by atoms with E-state index in [9.17, 15) is 13.2 Å². The number of carbonyl (C=O) groups excluding carboxylic acids is 1. The van der Waals surface area contributed by atoms with Crippen LogP contribution < -0.4 is 5.32 Å². The van der Waals surface area contributed by atoms with Crippen LogP contribution >= 0.6 is 0 Å². The summed E-state index contributed by atoms with van der Waals surface area (Å²) in [5, 5.41) is 2.88. The number of aryl methyl sites for hydroxylation is 3. The number of ether oxygens (including phenoxy) is 1. The Balaban J connectivity index is 1.92. The molecule has 150 valence electrons. The molecule has 0 saturated carbocycles. The molecule has 2 aromatic rings. The fraction of sp³-hybridized carbons (Fsp3) is 0.381. The molecule has 0 atom stereocenters. The third-order valence-corrected chi connectivity index (χ3v) is 6.91. The number of hydrogen-bond donors (Lipinski definition) is 1. The van der Waals surface area contributed by atoms with Gasteiger partial charge in [0.1, 0.15) is 0 Å². The summed E-state index contributed by atoms with van der Waals surface area (Å²) in [6, 6.07) is 10.7. The molecule has 1 N–H and O–H groups in total.